The Morgan fingerprint density at radius 1 is 1.48 bits per heavy atom. The van der Waals surface area contributed by atoms with Gasteiger partial charge in [0.25, 0.3) is 0 Å². The number of nitrogens with one attached hydrogen (secondary N) is 2. The lowest BCUT2D eigenvalue weighted by Gasteiger charge is -2.12. The van der Waals surface area contributed by atoms with Crippen molar-refractivity contribution in [1.29, 1.82) is 0 Å². The van der Waals surface area contributed by atoms with Crippen molar-refractivity contribution in [2.24, 2.45) is 0 Å². The van der Waals surface area contributed by atoms with Crippen LogP contribution in [0.2, 0.25) is 0 Å². The first-order valence-electron chi connectivity index (χ1n) is 7.26. The van der Waals surface area contributed by atoms with E-state index in [1.165, 1.54) is 24.2 Å². The Balaban J connectivity index is 1.99. The number of hydrogen-bond acceptors (Lipinski definition) is 5. The molecule has 1 heterocycles. The van der Waals surface area contributed by atoms with Crippen LogP contribution in [0.1, 0.15) is 36.6 Å². The van der Waals surface area contributed by atoms with Gasteiger partial charge in [-0.05, 0) is 56.7 Å². The van der Waals surface area contributed by atoms with Crippen LogP contribution in [-0.2, 0) is 16.6 Å². The van der Waals surface area contributed by atoms with E-state index in [4.69, 9.17) is 0 Å². The molecule has 120 valence electrons. The van der Waals surface area contributed by atoms with E-state index in [0.29, 0.717) is 10.3 Å². The Labute approximate surface area is 136 Å². The summed E-state index contributed by atoms with van der Waals surface area (Å²) in [5, 5.41) is 3.44. The number of rotatable bonds is 9. The van der Waals surface area contributed by atoms with E-state index in [0.717, 1.165) is 29.2 Å². The zero-order valence-electron chi connectivity index (χ0n) is 12.8. The van der Waals surface area contributed by atoms with Gasteiger partial charge in [-0.2, -0.15) is 11.8 Å². The summed E-state index contributed by atoms with van der Waals surface area (Å²) in [6.07, 6.45) is 5.36. The van der Waals surface area contributed by atoms with Gasteiger partial charge in [0.05, 0.1) is 0 Å². The monoisotopic (exact) mass is 348 g/mol. The Kier molecular flexibility index (Phi) is 6.14. The van der Waals surface area contributed by atoms with Gasteiger partial charge in [-0.25, -0.2) is 13.1 Å². The van der Waals surface area contributed by atoms with Gasteiger partial charge in [-0.3, -0.25) is 0 Å². The molecule has 1 aromatic rings. The lowest BCUT2D eigenvalue weighted by molar-refractivity contribution is 0.559. The lowest BCUT2D eigenvalue weighted by atomic mass is 10.3. The minimum atomic E-state index is -3.38. The van der Waals surface area contributed by atoms with Gasteiger partial charge in [0.1, 0.15) is 4.21 Å². The molecule has 0 aliphatic heterocycles. The van der Waals surface area contributed by atoms with Crippen molar-refractivity contribution < 1.29 is 8.42 Å². The maximum absolute atomic E-state index is 12.4. The Hall–Kier alpha value is -0.0800. The second-order valence-electron chi connectivity index (χ2n) is 5.63. The predicted octanol–water partition coefficient (Wildman–Crippen LogP) is 2.73. The molecule has 1 aromatic heterocycles. The molecule has 1 atom stereocenters. The van der Waals surface area contributed by atoms with E-state index in [1.54, 1.807) is 17.8 Å². The first-order chi connectivity index (χ1) is 9.92. The summed E-state index contributed by atoms with van der Waals surface area (Å²) in [7, 11) is -3.38. The van der Waals surface area contributed by atoms with E-state index < -0.39 is 10.0 Å². The molecule has 7 heteroatoms. The summed E-state index contributed by atoms with van der Waals surface area (Å²) in [6, 6.07) is 2.40. The van der Waals surface area contributed by atoms with Crippen molar-refractivity contribution in [2.45, 2.75) is 55.9 Å². The van der Waals surface area contributed by atoms with Crippen LogP contribution < -0.4 is 10.0 Å². The van der Waals surface area contributed by atoms with Crippen LogP contribution in [0.4, 0.5) is 0 Å². The van der Waals surface area contributed by atoms with Crippen molar-refractivity contribution in [3.8, 4) is 0 Å². The lowest BCUT2D eigenvalue weighted by Crippen LogP contribution is -2.32. The highest BCUT2D eigenvalue weighted by atomic mass is 32.2. The summed E-state index contributed by atoms with van der Waals surface area (Å²) in [6.45, 7) is 4.68. The molecule has 0 radical (unpaired) electrons. The summed E-state index contributed by atoms with van der Waals surface area (Å²) < 4.78 is 28.0. The summed E-state index contributed by atoms with van der Waals surface area (Å²) >= 11 is 3.12. The third-order valence-corrected chi connectivity index (χ3v) is 7.45. The van der Waals surface area contributed by atoms with E-state index in [-0.39, 0.29) is 6.04 Å². The Morgan fingerprint density at radius 3 is 2.81 bits per heavy atom. The molecule has 1 unspecified atom stereocenters. The third kappa shape index (κ3) is 5.25. The van der Waals surface area contributed by atoms with E-state index >= 15 is 0 Å². The minimum Gasteiger partial charge on any atom is -0.309 e. The summed E-state index contributed by atoms with van der Waals surface area (Å²) in [5.74, 6) is 0.962. The fraction of sp³-hybridized carbons (Fsp3) is 0.714. The molecule has 1 aliphatic rings. The molecule has 21 heavy (non-hydrogen) atoms. The van der Waals surface area contributed by atoms with Gasteiger partial charge in [0.15, 0.2) is 0 Å². The van der Waals surface area contributed by atoms with Crippen LogP contribution in [0.3, 0.4) is 0 Å². The number of hydrogen-bond donors (Lipinski definition) is 2. The largest absolute Gasteiger partial charge is 0.309 e. The quantitative estimate of drug-likeness (QED) is 0.720. The SMILES string of the molecule is CSCCC(C)NS(=O)(=O)c1cc(C)c(CNC2CC2)s1. The Bertz CT molecular complexity index is 565. The van der Waals surface area contributed by atoms with Crippen LogP contribution in [0, 0.1) is 6.92 Å². The number of aryl methyl sites for hydroxylation is 1. The van der Waals surface area contributed by atoms with Gasteiger partial charge in [-0.15, -0.1) is 11.3 Å². The molecular weight excluding hydrogens is 324 g/mol. The standard InChI is InChI=1S/C14H24N2O2S3/c1-10-8-14(20-13(10)9-15-12-4-5-12)21(17,18)16-11(2)6-7-19-3/h8,11-12,15-16H,4-7,9H2,1-3H3. The fourth-order valence-electron chi connectivity index (χ4n) is 2.00. The highest BCUT2D eigenvalue weighted by Gasteiger charge is 2.23. The van der Waals surface area contributed by atoms with Crippen LogP contribution >= 0.6 is 23.1 Å². The molecular formula is C14H24N2O2S3. The fourth-order valence-corrected chi connectivity index (χ4v) is 5.42. The van der Waals surface area contributed by atoms with Crippen molar-refractivity contribution in [2.75, 3.05) is 12.0 Å². The molecule has 4 nitrogen and oxygen atoms in total. The van der Waals surface area contributed by atoms with Gasteiger partial charge in [0.2, 0.25) is 10.0 Å². The number of thiophene rings is 1. The zero-order chi connectivity index (χ0) is 15.5. The van der Waals surface area contributed by atoms with Crippen LogP contribution in [-0.4, -0.2) is 32.5 Å². The molecule has 2 N–H and O–H groups in total. The minimum absolute atomic E-state index is 0.0297. The van der Waals surface area contributed by atoms with Gasteiger partial charge < -0.3 is 5.32 Å². The molecule has 1 aliphatic carbocycles. The molecule has 0 aromatic carbocycles. The Morgan fingerprint density at radius 2 is 2.19 bits per heavy atom. The third-order valence-electron chi connectivity index (χ3n) is 3.50. The second-order valence-corrected chi connectivity index (χ2v) is 9.69. The van der Waals surface area contributed by atoms with E-state index in [9.17, 15) is 8.42 Å². The highest BCUT2D eigenvalue weighted by Crippen LogP contribution is 2.27. The topological polar surface area (TPSA) is 58.2 Å². The number of thioether (sulfide) groups is 1. The zero-order valence-corrected chi connectivity index (χ0v) is 15.3. The van der Waals surface area contributed by atoms with Crippen LogP contribution in [0.15, 0.2) is 10.3 Å². The van der Waals surface area contributed by atoms with Gasteiger partial charge in [0, 0.05) is 23.5 Å². The maximum Gasteiger partial charge on any atom is 0.250 e. The first-order valence-corrected chi connectivity index (χ1v) is 11.0. The smallest absolute Gasteiger partial charge is 0.250 e. The molecule has 2 rings (SSSR count). The predicted molar refractivity (Wildman–Crippen MR) is 91.7 cm³/mol. The van der Waals surface area contributed by atoms with Crippen molar-refractivity contribution in [3.63, 3.8) is 0 Å². The van der Waals surface area contributed by atoms with E-state index in [1.807, 2.05) is 20.1 Å². The highest BCUT2D eigenvalue weighted by molar-refractivity contribution is 7.98. The van der Waals surface area contributed by atoms with Crippen LogP contribution in [0.5, 0.6) is 0 Å². The molecule has 1 saturated carbocycles. The second kappa shape index (κ2) is 7.46. The first kappa shape index (κ1) is 17.3. The normalized spacial score (nSPS) is 17.1. The maximum atomic E-state index is 12.4. The van der Waals surface area contributed by atoms with Crippen molar-refractivity contribution >= 4 is 33.1 Å². The molecule has 0 bridgehead atoms. The van der Waals surface area contributed by atoms with Crippen molar-refractivity contribution in [1.82, 2.24) is 10.0 Å². The molecule has 1 fully saturated rings. The average molecular weight is 349 g/mol. The summed E-state index contributed by atoms with van der Waals surface area (Å²) in [5.41, 5.74) is 1.06. The van der Waals surface area contributed by atoms with E-state index in [2.05, 4.69) is 10.0 Å². The average Bonchev–Trinajstić information content (AvgIpc) is 3.16. The van der Waals surface area contributed by atoms with Crippen LogP contribution in [0.25, 0.3) is 0 Å². The van der Waals surface area contributed by atoms with Gasteiger partial charge in [-0.1, -0.05) is 0 Å². The van der Waals surface area contributed by atoms with Crippen molar-refractivity contribution in [3.05, 3.63) is 16.5 Å². The van der Waals surface area contributed by atoms with Gasteiger partial charge >= 0.3 is 0 Å². The summed E-state index contributed by atoms with van der Waals surface area (Å²) in [4.78, 5) is 1.12. The molecule has 0 amide bonds. The molecule has 0 saturated heterocycles. The molecule has 0 spiro atoms. The number of sulfonamides is 1.